The van der Waals surface area contributed by atoms with Crippen LogP contribution >= 0.6 is 0 Å². The van der Waals surface area contributed by atoms with Gasteiger partial charge < -0.3 is 14.2 Å². The normalized spacial score (nSPS) is 10.2. The topological polar surface area (TPSA) is 61.8 Å². The maximum Gasteiger partial charge on any atom is 0.222 e. The number of Topliss-reactive ketones (excluding diaryl/α,β-unsaturated/α-hetero) is 1. The van der Waals surface area contributed by atoms with E-state index in [1.54, 1.807) is 43.5 Å². The Hall–Kier alpha value is -3.28. The molecule has 0 aliphatic rings. The molecule has 0 aromatic heterocycles. The summed E-state index contributed by atoms with van der Waals surface area (Å²) in [6.07, 6.45) is -0.776. The van der Waals surface area contributed by atoms with Crippen molar-refractivity contribution in [1.82, 2.24) is 0 Å². The van der Waals surface area contributed by atoms with Crippen molar-refractivity contribution in [1.29, 1.82) is 0 Å². The Bertz CT molecular complexity index is 915. The highest BCUT2D eigenvalue weighted by Gasteiger charge is 2.19. The molecule has 0 N–H and O–H groups in total. The van der Waals surface area contributed by atoms with Crippen LogP contribution in [0.1, 0.15) is 40.1 Å². The van der Waals surface area contributed by atoms with Crippen LogP contribution in [0.5, 0.6) is 5.75 Å². The highest BCUT2D eigenvalue weighted by atomic mass is 16.7. The van der Waals surface area contributed by atoms with Gasteiger partial charge in [0.05, 0.1) is 7.11 Å². The summed E-state index contributed by atoms with van der Waals surface area (Å²) >= 11 is 0. The third-order valence-corrected chi connectivity index (χ3v) is 4.30. The minimum Gasteiger partial charge on any atom is -0.497 e. The summed E-state index contributed by atoms with van der Waals surface area (Å²) in [6.45, 7) is 4.60. The number of methoxy groups -OCH3 is 1. The molecule has 3 aromatic rings. The summed E-state index contributed by atoms with van der Waals surface area (Å²) in [4.78, 5) is 23.9. The SMILES string of the molecule is CCOC(OCC)C(=O)c1ccccc1.COc1ccc(C(=O)c2ccccc2)cc1. The summed E-state index contributed by atoms with van der Waals surface area (Å²) in [5.74, 6) is 0.659. The Morgan fingerprint density at radius 3 is 1.58 bits per heavy atom. The standard InChI is InChI=1S/C14H12O2.C12H16O3/c1-16-13-9-7-12(8-10-13)14(15)11-5-3-2-4-6-11;1-3-14-12(15-4-2)11(13)10-8-6-5-7-9-10/h2-10H,1H3;5-9,12H,3-4H2,1-2H3. The lowest BCUT2D eigenvalue weighted by atomic mass is 10.0. The van der Waals surface area contributed by atoms with E-state index in [0.29, 0.717) is 29.9 Å². The largest absolute Gasteiger partial charge is 0.497 e. The average Bonchev–Trinajstić information content (AvgIpc) is 2.84. The van der Waals surface area contributed by atoms with Crippen molar-refractivity contribution >= 4 is 11.6 Å². The summed E-state index contributed by atoms with van der Waals surface area (Å²) < 4.78 is 15.5. The number of ether oxygens (including phenoxy) is 3. The van der Waals surface area contributed by atoms with Crippen molar-refractivity contribution in [2.75, 3.05) is 20.3 Å². The third kappa shape index (κ3) is 7.48. The van der Waals surface area contributed by atoms with Gasteiger partial charge in [0.2, 0.25) is 12.1 Å². The van der Waals surface area contributed by atoms with Gasteiger partial charge in [0, 0.05) is 29.9 Å². The van der Waals surface area contributed by atoms with E-state index < -0.39 is 6.29 Å². The molecule has 0 aliphatic carbocycles. The Morgan fingerprint density at radius 1 is 0.677 bits per heavy atom. The maximum absolute atomic E-state index is 12.0. The van der Waals surface area contributed by atoms with Crippen LogP contribution < -0.4 is 4.74 Å². The van der Waals surface area contributed by atoms with Crippen molar-refractivity contribution in [3.8, 4) is 5.75 Å². The minimum absolute atomic E-state index is 0.0308. The van der Waals surface area contributed by atoms with Crippen LogP contribution in [-0.4, -0.2) is 38.2 Å². The molecule has 0 saturated heterocycles. The summed E-state index contributed by atoms with van der Waals surface area (Å²) in [5.41, 5.74) is 1.99. The van der Waals surface area contributed by atoms with Crippen molar-refractivity contribution < 1.29 is 23.8 Å². The lowest BCUT2D eigenvalue weighted by molar-refractivity contribution is -0.107. The molecule has 5 heteroatoms. The number of carbonyl (C=O) groups excluding carboxylic acids is 2. The Morgan fingerprint density at radius 2 is 1.13 bits per heavy atom. The number of ketones is 2. The zero-order valence-electron chi connectivity index (χ0n) is 18.1. The second kappa shape index (κ2) is 13.1. The van der Waals surface area contributed by atoms with Crippen LogP contribution in [-0.2, 0) is 9.47 Å². The van der Waals surface area contributed by atoms with E-state index in [2.05, 4.69) is 0 Å². The molecule has 0 amide bonds. The highest BCUT2D eigenvalue weighted by Crippen LogP contribution is 2.14. The van der Waals surface area contributed by atoms with Gasteiger partial charge in [0.15, 0.2) is 5.78 Å². The lowest BCUT2D eigenvalue weighted by Gasteiger charge is -2.15. The van der Waals surface area contributed by atoms with Crippen molar-refractivity contribution in [3.05, 3.63) is 102 Å². The fourth-order valence-electron chi connectivity index (χ4n) is 2.74. The van der Waals surface area contributed by atoms with Crippen molar-refractivity contribution in [3.63, 3.8) is 0 Å². The van der Waals surface area contributed by atoms with Crippen LogP contribution in [0.2, 0.25) is 0 Å². The van der Waals surface area contributed by atoms with Crippen LogP contribution in [0.3, 0.4) is 0 Å². The molecule has 0 bridgehead atoms. The third-order valence-electron chi connectivity index (χ3n) is 4.30. The molecule has 0 saturated carbocycles. The van der Waals surface area contributed by atoms with Crippen molar-refractivity contribution in [2.45, 2.75) is 20.1 Å². The molecule has 0 spiro atoms. The quantitative estimate of drug-likeness (QED) is 0.352. The molecule has 31 heavy (non-hydrogen) atoms. The number of hydrogen-bond donors (Lipinski definition) is 0. The van der Waals surface area contributed by atoms with E-state index in [1.807, 2.05) is 62.4 Å². The van der Waals surface area contributed by atoms with Crippen molar-refractivity contribution in [2.24, 2.45) is 0 Å². The number of hydrogen-bond acceptors (Lipinski definition) is 5. The predicted octanol–water partition coefficient (Wildman–Crippen LogP) is 5.19. The van der Waals surface area contributed by atoms with Crippen LogP contribution in [0.15, 0.2) is 84.9 Å². The van der Waals surface area contributed by atoms with Gasteiger partial charge in [-0.3, -0.25) is 9.59 Å². The lowest BCUT2D eigenvalue weighted by Crippen LogP contribution is -2.27. The Kier molecular flexibility index (Phi) is 10.1. The molecule has 0 atom stereocenters. The smallest absolute Gasteiger partial charge is 0.222 e. The van der Waals surface area contributed by atoms with Gasteiger partial charge >= 0.3 is 0 Å². The first-order chi connectivity index (χ1) is 15.1. The molecule has 162 valence electrons. The molecule has 5 nitrogen and oxygen atoms in total. The van der Waals surface area contributed by atoms with E-state index in [4.69, 9.17) is 14.2 Å². The minimum atomic E-state index is -0.776. The summed E-state index contributed by atoms with van der Waals surface area (Å²) in [6, 6.07) is 25.4. The number of benzene rings is 3. The molecule has 0 radical (unpaired) electrons. The molecule has 3 rings (SSSR count). The van der Waals surface area contributed by atoms with Crippen LogP contribution in [0, 0.1) is 0 Å². The maximum atomic E-state index is 12.0. The summed E-state index contributed by atoms with van der Waals surface area (Å²) in [5, 5.41) is 0. The van der Waals surface area contributed by atoms with E-state index in [9.17, 15) is 9.59 Å². The second-order valence-corrected chi connectivity index (χ2v) is 6.40. The average molecular weight is 421 g/mol. The predicted molar refractivity (Wildman–Crippen MR) is 121 cm³/mol. The zero-order chi connectivity index (χ0) is 22.5. The van der Waals surface area contributed by atoms with Gasteiger partial charge in [0.1, 0.15) is 5.75 Å². The molecule has 0 fully saturated rings. The first kappa shape index (κ1) is 24.0. The van der Waals surface area contributed by atoms with E-state index >= 15 is 0 Å². The Labute approximate surface area is 183 Å². The summed E-state index contributed by atoms with van der Waals surface area (Å²) in [7, 11) is 1.61. The van der Waals surface area contributed by atoms with Gasteiger partial charge in [-0.05, 0) is 38.1 Å². The Balaban J connectivity index is 0.000000221. The highest BCUT2D eigenvalue weighted by molar-refractivity contribution is 6.09. The molecule has 0 aliphatic heterocycles. The van der Waals surface area contributed by atoms with Gasteiger partial charge in [-0.15, -0.1) is 0 Å². The molecule has 0 unspecified atom stereocenters. The van der Waals surface area contributed by atoms with Gasteiger partial charge in [-0.1, -0.05) is 60.7 Å². The molecular formula is C26H28O5. The number of rotatable bonds is 9. The monoisotopic (exact) mass is 420 g/mol. The van der Waals surface area contributed by atoms with Gasteiger partial charge in [-0.2, -0.15) is 0 Å². The van der Waals surface area contributed by atoms with E-state index in [-0.39, 0.29) is 11.6 Å². The fourth-order valence-corrected chi connectivity index (χ4v) is 2.74. The zero-order valence-corrected chi connectivity index (χ0v) is 18.1. The van der Waals surface area contributed by atoms with Crippen LogP contribution in [0.4, 0.5) is 0 Å². The van der Waals surface area contributed by atoms with Gasteiger partial charge in [0.25, 0.3) is 0 Å². The molecule has 0 heterocycles. The van der Waals surface area contributed by atoms with E-state index in [1.165, 1.54) is 0 Å². The second-order valence-electron chi connectivity index (χ2n) is 6.40. The van der Waals surface area contributed by atoms with E-state index in [0.717, 1.165) is 5.75 Å². The number of carbonyl (C=O) groups is 2. The molecular weight excluding hydrogens is 392 g/mol. The fraction of sp³-hybridized carbons (Fsp3) is 0.231. The van der Waals surface area contributed by atoms with Crippen LogP contribution in [0.25, 0.3) is 0 Å². The first-order valence-corrected chi connectivity index (χ1v) is 10.2. The first-order valence-electron chi connectivity index (χ1n) is 10.2. The van der Waals surface area contributed by atoms with Gasteiger partial charge in [-0.25, -0.2) is 0 Å². The molecule has 3 aromatic carbocycles.